The minimum absolute atomic E-state index is 0.169. The minimum Gasteiger partial charge on any atom is -0.334 e. The minimum atomic E-state index is -4.47. The lowest BCUT2D eigenvalue weighted by atomic mass is 10.2. The van der Waals surface area contributed by atoms with Crippen molar-refractivity contribution in [2.24, 2.45) is 0 Å². The zero-order valence-corrected chi connectivity index (χ0v) is 11.8. The van der Waals surface area contributed by atoms with Crippen LogP contribution in [-0.2, 0) is 12.6 Å². The second-order valence-electron chi connectivity index (χ2n) is 4.74. The van der Waals surface area contributed by atoms with Gasteiger partial charge in [-0.2, -0.15) is 18.2 Å². The molecule has 2 aromatic heterocycles. The second kappa shape index (κ2) is 5.80. The van der Waals surface area contributed by atoms with Gasteiger partial charge in [0.2, 0.25) is 0 Å². The van der Waals surface area contributed by atoms with Gasteiger partial charge in [0.15, 0.2) is 5.82 Å². The Labute approximate surface area is 119 Å². The maximum Gasteiger partial charge on any atom is 0.433 e. The van der Waals surface area contributed by atoms with Crippen molar-refractivity contribution in [2.75, 3.05) is 7.05 Å². The number of nitrogens with zero attached hydrogens (tertiary/aromatic N) is 3. The van der Waals surface area contributed by atoms with Crippen LogP contribution in [0.1, 0.15) is 24.1 Å². The molecule has 2 aromatic rings. The number of rotatable bonds is 4. The average Bonchev–Trinajstić information content (AvgIpc) is 2.85. The van der Waals surface area contributed by atoms with Crippen molar-refractivity contribution in [3.05, 3.63) is 29.3 Å². The highest BCUT2D eigenvalue weighted by Gasteiger charge is 2.33. The summed E-state index contributed by atoms with van der Waals surface area (Å²) in [6.07, 6.45) is -3.90. The first-order valence-electron chi connectivity index (χ1n) is 6.36. The lowest BCUT2D eigenvalue weighted by Gasteiger charge is -2.07. The van der Waals surface area contributed by atoms with Crippen LogP contribution in [0.4, 0.5) is 13.2 Å². The zero-order valence-electron chi connectivity index (χ0n) is 11.8. The van der Waals surface area contributed by atoms with E-state index in [1.165, 1.54) is 13.0 Å². The third-order valence-electron chi connectivity index (χ3n) is 3.06. The van der Waals surface area contributed by atoms with Crippen molar-refractivity contribution in [3.8, 4) is 11.5 Å². The monoisotopic (exact) mass is 300 g/mol. The van der Waals surface area contributed by atoms with Gasteiger partial charge in [0.25, 0.3) is 5.89 Å². The summed E-state index contributed by atoms with van der Waals surface area (Å²) in [6, 6.07) is 2.37. The van der Waals surface area contributed by atoms with Gasteiger partial charge in [0, 0.05) is 12.5 Å². The van der Waals surface area contributed by atoms with Gasteiger partial charge in [-0.25, -0.2) is 4.98 Å². The first-order chi connectivity index (χ1) is 9.81. The van der Waals surface area contributed by atoms with E-state index in [0.29, 0.717) is 17.8 Å². The van der Waals surface area contributed by atoms with Crippen LogP contribution in [0.2, 0.25) is 0 Å². The molecule has 0 amide bonds. The molecule has 1 N–H and O–H groups in total. The number of likely N-dealkylation sites (N-methyl/N-ethyl adjacent to an activating group) is 1. The molecular formula is C13H15F3N4O. The van der Waals surface area contributed by atoms with E-state index in [0.717, 1.165) is 6.07 Å². The maximum absolute atomic E-state index is 12.6. The third kappa shape index (κ3) is 3.57. The molecule has 0 fully saturated rings. The topological polar surface area (TPSA) is 63.8 Å². The van der Waals surface area contributed by atoms with E-state index >= 15 is 0 Å². The van der Waals surface area contributed by atoms with Crippen molar-refractivity contribution in [2.45, 2.75) is 32.5 Å². The summed E-state index contributed by atoms with van der Waals surface area (Å²) in [5, 5.41) is 6.86. The highest BCUT2D eigenvalue weighted by molar-refractivity contribution is 5.56. The van der Waals surface area contributed by atoms with E-state index in [9.17, 15) is 13.2 Å². The van der Waals surface area contributed by atoms with Crippen LogP contribution in [-0.4, -0.2) is 28.2 Å². The number of nitrogens with one attached hydrogen (secondary N) is 1. The molecule has 2 heterocycles. The van der Waals surface area contributed by atoms with Gasteiger partial charge in [-0.3, -0.25) is 0 Å². The SMILES string of the molecule is CNC(C)Cc1noc(-c2ccc(C(F)(F)F)nc2C)n1. The number of halogens is 3. The third-order valence-corrected chi connectivity index (χ3v) is 3.06. The normalized spacial score (nSPS) is 13.4. The fraction of sp³-hybridized carbons (Fsp3) is 0.462. The highest BCUT2D eigenvalue weighted by atomic mass is 19.4. The molecule has 0 aliphatic rings. The summed E-state index contributed by atoms with van der Waals surface area (Å²) < 4.78 is 42.8. The summed E-state index contributed by atoms with van der Waals surface area (Å²) in [5.74, 6) is 0.665. The van der Waals surface area contributed by atoms with Crippen molar-refractivity contribution < 1.29 is 17.7 Å². The first-order valence-corrected chi connectivity index (χ1v) is 6.36. The van der Waals surface area contributed by atoms with Crippen LogP contribution in [0, 0.1) is 6.92 Å². The first kappa shape index (κ1) is 15.4. The molecule has 0 radical (unpaired) electrons. The van der Waals surface area contributed by atoms with Crippen molar-refractivity contribution >= 4 is 0 Å². The number of aryl methyl sites for hydroxylation is 1. The number of pyridine rings is 1. The van der Waals surface area contributed by atoms with Gasteiger partial charge < -0.3 is 9.84 Å². The summed E-state index contributed by atoms with van der Waals surface area (Å²) in [7, 11) is 1.82. The Balaban J connectivity index is 2.27. The van der Waals surface area contributed by atoms with Gasteiger partial charge in [-0.05, 0) is 33.0 Å². The van der Waals surface area contributed by atoms with Crippen LogP contribution in [0.15, 0.2) is 16.7 Å². The van der Waals surface area contributed by atoms with Crippen LogP contribution in [0.3, 0.4) is 0 Å². The van der Waals surface area contributed by atoms with Gasteiger partial charge >= 0.3 is 6.18 Å². The predicted octanol–water partition coefficient (Wildman–Crippen LogP) is 2.61. The fourth-order valence-corrected chi connectivity index (χ4v) is 1.77. The summed E-state index contributed by atoms with van der Waals surface area (Å²) in [5.41, 5.74) is -0.340. The Morgan fingerprint density at radius 1 is 1.29 bits per heavy atom. The Morgan fingerprint density at radius 3 is 2.57 bits per heavy atom. The van der Waals surface area contributed by atoms with E-state index in [4.69, 9.17) is 4.52 Å². The molecule has 21 heavy (non-hydrogen) atoms. The lowest BCUT2D eigenvalue weighted by molar-refractivity contribution is -0.141. The Morgan fingerprint density at radius 2 is 2.00 bits per heavy atom. The van der Waals surface area contributed by atoms with E-state index in [-0.39, 0.29) is 17.6 Å². The predicted molar refractivity (Wildman–Crippen MR) is 69.5 cm³/mol. The standard InChI is InChI=1S/C13H15F3N4O/c1-7(17-3)6-11-19-12(21-20-11)9-4-5-10(13(14,15)16)18-8(9)2/h4-5,7,17H,6H2,1-3H3. The van der Waals surface area contributed by atoms with Gasteiger partial charge in [0.05, 0.1) is 11.3 Å². The molecule has 0 bridgehead atoms. The average molecular weight is 300 g/mol. The molecule has 0 saturated heterocycles. The number of hydrogen-bond acceptors (Lipinski definition) is 5. The lowest BCUT2D eigenvalue weighted by Crippen LogP contribution is -2.24. The van der Waals surface area contributed by atoms with E-state index in [2.05, 4.69) is 20.4 Å². The molecule has 0 aliphatic heterocycles. The molecule has 5 nitrogen and oxygen atoms in total. The molecule has 1 unspecified atom stereocenters. The number of hydrogen-bond donors (Lipinski definition) is 1. The highest BCUT2D eigenvalue weighted by Crippen LogP contribution is 2.30. The van der Waals surface area contributed by atoms with E-state index in [1.807, 2.05) is 14.0 Å². The molecular weight excluding hydrogens is 285 g/mol. The Hall–Kier alpha value is -1.96. The molecule has 114 valence electrons. The van der Waals surface area contributed by atoms with Crippen LogP contribution in [0.5, 0.6) is 0 Å². The maximum atomic E-state index is 12.6. The number of alkyl halides is 3. The molecule has 8 heteroatoms. The molecule has 1 atom stereocenters. The van der Waals surface area contributed by atoms with E-state index in [1.54, 1.807) is 0 Å². The van der Waals surface area contributed by atoms with Crippen molar-refractivity contribution in [3.63, 3.8) is 0 Å². The van der Waals surface area contributed by atoms with Gasteiger partial charge in [0.1, 0.15) is 5.69 Å². The van der Waals surface area contributed by atoms with Gasteiger partial charge in [-0.1, -0.05) is 5.16 Å². The largest absolute Gasteiger partial charge is 0.433 e. The fourth-order valence-electron chi connectivity index (χ4n) is 1.77. The summed E-state index contributed by atoms with van der Waals surface area (Å²) >= 11 is 0. The summed E-state index contributed by atoms with van der Waals surface area (Å²) in [6.45, 7) is 3.44. The van der Waals surface area contributed by atoms with Crippen LogP contribution in [0.25, 0.3) is 11.5 Å². The molecule has 0 spiro atoms. The van der Waals surface area contributed by atoms with Gasteiger partial charge in [-0.15, -0.1) is 0 Å². The molecule has 0 aliphatic carbocycles. The Bertz CT molecular complexity index is 624. The molecule has 0 aromatic carbocycles. The van der Waals surface area contributed by atoms with Crippen LogP contribution >= 0.6 is 0 Å². The summed E-state index contributed by atoms with van der Waals surface area (Å²) in [4.78, 5) is 7.72. The van der Waals surface area contributed by atoms with E-state index < -0.39 is 11.9 Å². The smallest absolute Gasteiger partial charge is 0.334 e. The molecule has 0 saturated carbocycles. The zero-order chi connectivity index (χ0) is 15.6. The quantitative estimate of drug-likeness (QED) is 0.940. The van der Waals surface area contributed by atoms with Crippen molar-refractivity contribution in [1.29, 1.82) is 0 Å². The van der Waals surface area contributed by atoms with Crippen molar-refractivity contribution in [1.82, 2.24) is 20.4 Å². The number of aromatic nitrogens is 3. The molecule has 2 rings (SSSR count). The Kier molecular flexibility index (Phi) is 4.26. The second-order valence-corrected chi connectivity index (χ2v) is 4.74. The van der Waals surface area contributed by atoms with Crippen LogP contribution < -0.4 is 5.32 Å².